The maximum absolute atomic E-state index is 10.2. The van der Waals surface area contributed by atoms with Crippen molar-refractivity contribution in [2.24, 2.45) is 0 Å². The molecule has 0 amide bonds. The average molecular weight is 338 g/mol. The molecule has 1 N–H and O–H groups in total. The van der Waals surface area contributed by atoms with Gasteiger partial charge in [0.2, 0.25) is 0 Å². The number of hydrogen-bond donors (Lipinski definition) is 1. The zero-order valence-corrected chi connectivity index (χ0v) is 11.7. The van der Waals surface area contributed by atoms with E-state index in [9.17, 15) is 8.42 Å². The molecule has 0 atom stereocenters. The average Bonchev–Trinajstić information content (AvgIpc) is 2.24. The van der Waals surface area contributed by atoms with Crippen molar-refractivity contribution < 1.29 is 17.2 Å². The number of unbranched alkanes of at least 4 members (excludes halogenated alkanes) is 9. The van der Waals surface area contributed by atoms with Crippen LogP contribution in [0.5, 0.6) is 0 Å². The molecule has 110 valence electrons. The Morgan fingerprint density at radius 1 is 0.750 bits per heavy atom. The summed E-state index contributed by atoms with van der Waals surface area (Å²) >= 11 is 0. The van der Waals surface area contributed by atoms with Crippen molar-refractivity contribution in [1.82, 2.24) is 0 Å². The zero-order valence-electron chi connectivity index (χ0n) is 10.9. The Labute approximate surface area is 191 Å². The van der Waals surface area contributed by atoms with Gasteiger partial charge >= 0.3 is 99.1 Å². The molecule has 0 bridgehead atoms. The van der Waals surface area contributed by atoms with Crippen molar-refractivity contribution in [2.45, 2.75) is 71.1 Å². The van der Waals surface area contributed by atoms with E-state index < -0.39 is 10.4 Å². The fourth-order valence-electron chi connectivity index (χ4n) is 1.75. The molecule has 0 aliphatic rings. The van der Waals surface area contributed by atoms with Crippen molar-refractivity contribution in [3.63, 3.8) is 0 Å². The van der Waals surface area contributed by atoms with Crippen molar-refractivity contribution in [1.29, 1.82) is 0 Å². The summed E-state index contributed by atoms with van der Waals surface area (Å²) < 4.78 is 33.0. The molecule has 0 saturated heterocycles. The minimum absolute atomic E-state index is 0. The predicted molar refractivity (Wildman–Crippen MR) is 90.8 cm³/mol. The summed E-state index contributed by atoms with van der Waals surface area (Å²) in [4.78, 5) is 0. The first-order chi connectivity index (χ1) is 8.06. The van der Waals surface area contributed by atoms with Gasteiger partial charge in [0, 0.05) is 0 Å². The molecule has 4 nitrogen and oxygen atoms in total. The van der Waals surface area contributed by atoms with Gasteiger partial charge in [0.25, 0.3) is 0 Å². The van der Waals surface area contributed by atoms with Gasteiger partial charge in [-0.3, -0.25) is 4.55 Å². The van der Waals surface area contributed by atoms with Crippen molar-refractivity contribution in [3.8, 4) is 0 Å². The molecule has 0 heterocycles. The van der Waals surface area contributed by atoms with E-state index in [0.29, 0.717) is 6.42 Å². The molecule has 0 aliphatic carbocycles. The van der Waals surface area contributed by atoms with Crippen LogP contribution in [-0.2, 0) is 14.6 Å². The summed E-state index contributed by atoms with van der Waals surface area (Å²) in [7, 11) is -4.23. The van der Waals surface area contributed by atoms with Gasteiger partial charge in [-0.1, -0.05) is 64.7 Å². The van der Waals surface area contributed by atoms with Crippen LogP contribution in [-0.4, -0.2) is 108 Å². The molecule has 0 radical (unpaired) electrons. The Morgan fingerprint density at radius 3 is 1.45 bits per heavy atom. The molecule has 20 heavy (non-hydrogen) atoms. The van der Waals surface area contributed by atoms with Gasteiger partial charge in [0.1, 0.15) is 0 Å². The van der Waals surface area contributed by atoms with Crippen LogP contribution in [0.4, 0.5) is 0 Å². The maximum atomic E-state index is 10.2. The summed E-state index contributed by atoms with van der Waals surface area (Å²) in [5.74, 6) is 0. The summed E-state index contributed by atoms with van der Waals surface area (Å²) in [6.07, 6.45) is 11.9. The van der Waals surface area contributed by atoms with Crippen LogP contribution < -0.4 is 0 Å². The molecular formula is C12H29Na3O4S. The third kappa shape index (κ3) is 29.0. The summed E-state index contributed by atoms with van der Waals surface area (Å²) in [6, 6.07) is 0. The predicted octanol–water partition coefficient (Wildman–Crippen LogP) is 1.78. The summed E-state index contributed by atoms with van der Waals surface area (Å²) in [6.45, 7) is 2.31. The third-order valence-corrected chi connectivity index (χ3v) is 3.19. The van der Waals surface area contributed by atoms with Crippen LogP contribution in [0.15, 0.2) is 0 Å². The van der Waals surface area contributed by atoms with E-state index in [1.807, 2.05) is 0 Å². The van der Waals surface area contributed by atoms with E-state index in [-0.39, 0.29) is 95.3 Å². The summed E-state index contributed by atoms with van der Waals surface area (Å²) in [5, 5.41) is 0. The first-order valence-corrected chi connectivity index (χ1v) is 8.04. The van der Waals surface area contributed by atoms with Gasteiger partial charge < -0.3 is 0 Å². The third-order valence-electron chi connectivity index (χ3n) is 2.73. The van der Waals surface area contributed by atoms with Gasteiger partial charge in [-0.2, -0.15) is 8.42 Å². The Kier molecular flexibility index (Phi) is 33.6. The fraction of sp³-hybridized carbons (Fsp3) is 1.00. The second kappa shape index (κ2) is 21.9. The molecule has 0 saturated carbocycles. The molecular weight excluding hydrogens is 309 g/mol. The molecule has 8 heteroatoms. The Balaban J connectivity index is -0.000000427. The Hall–Kier alpha value is 2.87. The molecule has 0 aliphatic heterocycles. The van der Waals surface area contributed by atoms with E-state index in [0.717, 1.165) is 12.8 Å². The molecule has 0 spiro atoms. The monoisotopic (exact) mass is 338 g/mol. The zero-order chi connectivity index (χ0) is 13.0. The van der Waals surface area contributed by atoms with Crippen LogP contribution in [0.3, 0.4) is 0 Å². The SMILES string of the molecule is CCCCCCCCCCCCOS(=O)(=O)O.[NaH].[NaH].[NaH]. The van der Waals surface area contributed by atoms with E-state index in [1.54, 1.807) is 0 Å². The number of hydrogen-bond acceptors (Lipinski definition) is 3. The summed E-state index contributed by atoms with van der Waals surface area (Å²) in [5.41, 5.74) is 0. The second-order valence-electron chi connectivity index (χ2n) is 4.43. The van der Waals surface area contributed by atoms with E-state index in [2.05, 4.69) is 11.1 Å². The topological polar surface area (TPSA) is 63.6 Å². The number of rotatable bonds is 12. The molecule has 0 fully saturated rings. The second-order valence-corrected chi connectivity index (χ2v) is 5.52. The molecule has 0 aromatic carbocycles. The first kappa shape index (κ1) is 30.7. The van der Waals surface area contributed by atoms with Crippen molar-refractivity contribution in [2.75, 3.05) is 6.61 Å². The van der Waals surface area contributed by atoms with Gasteiger partial charge in [-0.15, -0.1) is 0 Å². The Bertz CT molecular complexity index is 261. The van der Waals surface area contributed by atoms with E-state index >= 15 is 0 Å². The van der Waals surface area contributed by atoms with Crippen LogP contribution in [0.1, 0.15) is 71.1 Å². The van der Waals surface area contributed by atoms with E-state index in [1.165, 1.54) is 44.9 Å². The molecule has 0 aromatic rings. The minimum atomic E-state index is -4.23. The van der Waals surface area contributed by atoms with E-state index in [4.69, 9.17) is 4.55 Å². The standard InChI is InChI=1S/C12H26O4S.3Na.3H/c1-2-3-4-5-6-7-8-9-10-11-12-16-17(13,14)15;;;;;;/h2-12H2,1H3,(H,13,14,15);;;;;;. The van der Waals surface area contributed by atoms with Gasteiger partial charge in [-0.25, -0.2) is 4.18 Å². The quantitative estimate of drug-likeness (QED) is 0.335. The van der Waals surface area contributed by atoms with Crippen LogP contribution >= 0.6 is 0 Å². The van der Waals surface area contributed by atoms with Crippen LogP contribution in [0.2, 0.25) is 0 Å². The molecule has 0 aromatic heterocycles. The molecule has 0 unspecified atom stereocenters. The van der Waals surface area contributed by atoms with Crippen LogP contribution in [0, 0.1) is 0 Å². The van der Waals surface area contributed by atoms with Gasteiger partial charge in [0.15, 0.2) is 0 Å². The molecule has 0 rings (SSSR count). The van der Waals surface area contributed by atoms with Gasteiger partial charge in [-0.05, 0) is 6.42 Å². The van der Waals surface area contributed by atoms with Gasteiger partial charge in [0.05, 0.1) is 6.61 Å². The van der Waals surface area contributed by atoms with Crippen LogP contribution in [0.25, 0.3) is 0 Å². The van der Waals surface area contributed by atoms with Crippen molar-refractivity contribution in [3.05, 3.63) is 0 Å². The fourth-order valence-corrected chi connectivity index (χ4v) is 2.08. The normalized spacial score (nSPS) is 10.1. The Morgan fingerprint density at radius 2 is 1.10 bits per heavy atom. The first-order valence-electron chi connectivity index (χ1n) is 6.68. The van der Waals surface area contributed by atoms with Crippen molar-refractivity contribution >= 4 is 99.1 Å².